The van der Waals surface area contributed by atoms with Crippen LogP contribution in [-0.2, 0) is 0 Å². The Kier molecular flexibility index (Phi) is 2.59. The van der Waals surface area contributed by atoms with Gasteiger partial charge in [0.15, 0.2) is 0 Å². The first-order valence-electron chi connectivity index (χ1n) is 6.27. The zero-order chi connectivity index (χ0) is 11.8. The number of nitrogens with one attached hydrogen (secondary N) is 1. The molecule has 4 nitrogen and oxygen atoms in total. The average molecular weight is 232 g/mol. The molecule has 0 aromatic heterocycles. The first-order chi connectivity index (χ1) is 8.25. The number of anilines is 3. The average Bonchev–Trinajstić information content (AvgIpc) is 2.73. The summed E-state index contributed by atoms with van der Waals surface area (Å²) in [5.41, 5.74) is 3.99. The lowest BCUT2D eigenvalue weighted by Crippen LogP contribution is -2.44. The number of benzene rings is 1. The Balaban J connectivity index is 1.89. The van der Waals surface area contributed by atoms with Gasteiger partial charge in [-0.05, 0) is 19.2 Å². The van der Waals surface area contributed by atoms with Gasteiger partial charge in [0.1, 0.15) is 0 Å². The van der Waals surface area contributed by atoms with Gasteiger partial charge in [-0.2, -0.15) is 0 Å². The van der Waals surface area contributed by atoms with E-state index in [4.69, 9.17) is 0 Å². The number of fused-ring (bicyclic) bond motifs is 1. The van der Waals surface area contributed by atoms with Gasteiger partial charge in [0.25, 0.3) is 0 Å². The summed E-state index contributed by atoms with van der Waals surface area (Å²) in [4.78, 5) is 7.14. The van der Waals surface area contributed by atoms with Gasteiger partial charge in [0, 0.05) is 33.2 Å². The topological polar surface area (TPSA) is 21.8 Å². The predicted molar refractivity (Wildman–Crippen MR) is 73.0 cm³/mol. The molecular weight excluding hydrogens is 212 g/mol. The van der Waals surface area contributed by atoms with Crippen molar-refractivity contribution in [2.45, 2.75) is 0 Å². The first-order valence-corrected chi connectivity index (χ1v) is 6.27. The summed E-state index contributed by atoms with van der Waals surface area (Å²) in [5.74, 6) is 0. The molecular formula is C13H20N4. The molecule has 0 aliphatic carbocycles. The summed E-state index contributed by atoms with van der Waals surface area (Å²) in [6.07, 6.45) is 0. The summed E-state index contributed by atoms with van der Waals surface area (Å²) in [6, 6.07) is 6.58. The van der Waals surface area contributed by atoms with E-state index in [9.17, 15) is 0 Å². The van der Waals surface area contributed by atoms with E-state index in [2.05, 4.69) is 52.3 Å². The van der Waals surface area contributed by atoms with Crippen LogP contribution >= 0.6 is 0 Å². The van der Waals surface area contributed by atoms with Crippen molar-refractivity contribution in [3.05, 3.63) is 18.2 Å². The number of rotatable bonds is 1. The molecule has 1 N–H and O–H groups in total. The van der Waals surface area contributed by atoms with E-state index in [0.717, 1.165) is 32.8 Å². The second-order valence-electron chi connectivity index (χ2n) is 4.99. The fraction of sp³-hybridized carbons (Fsp3) is 0.538. The molecule has 2 heterocycles. The number of nitrogens with zero attached hydrogens (tertiary/aromatic N) is 3. The number of hydrogen-bond acceptors (Lipinski definition) is 4. The second-order valence-corrected chi connectivity index (χ2v) is 4.99. The molecule has 2 aliphatic rings. The Morgan fingerprint density at radius 2 is 1.71 bits per heavy atom. The highest BCUT2D eigenvalue weighted by atomic mass is 15.3. The van der Waals surface area contributed by atoms with Crippen molar-refractivity contribution in [2.24, 2.45) is 0 Å². The zero-order valence-electron chi connectivity index (χ0n) is 10.6. The Labute approximate surface area is 103 Å². The van der Waals surface area contributed by atoms with Gasteiger partial charge in [-0.1, -0.05) is 6.07 Å². The van der Waals surface area contributed by atoms with Crippen LogP contribution in [0.1, 0.15) is 0 Å². The van der Waals surface area contributed by atoms with Crippen LogP contribution in [0.15, 0.2) is 18.2 Å². The molecule has 1 aromatic carbocycles. The minimum Gasteiger partial charge on any atom is -0.367 e. The molecule has 0 saturated carbocycles. The van der Waals surface area contributed by atoms with E-state index in [1.165, 1.54) is 17.1 Å². The SMILES string of the molecule is CN1CCN(c2cccc3c2NCN3C)CC1. The maximum atomic E-state index is 3.50. The molecule has 0 bridgehead atoms. The van der Waals surface area contributed by atoms with Crippen molar-refractivity contribution >= 4 is 17.1 Å². The molecule has 92 valence electrons. The third-order valence-electron chi connectivity index (χ3n) is 3.77. The third kappa shape index (κ3) is 1.82. The molecule has 17 heavy (non-hydrogen) atoms. The van der Waals surface area contributed by atoms with Gasteiger partial charge >= 0.3 is 0 Å². The van der Waals surface area contributed by atoms with Crippen LogP contribution in [0.3, 0.4) is 0 Å². The summed E-state index contributed by atoms with van der Waals surface area (Å²) in [5, 5.41) is 3.50. The quantitative estimate of drug-likeness (QED) is 0.787. The monoisotopic (exact) mass is 232 g/mol. The number of piperazine rings is 1. The van der Waals surface area contributed by atoms with Crippen LogP contribution in [0.5, 0.6) is 0 Å². The molecule has 1 aromatic rings. The highest BCUT2D eigenvalue weighted by molar-refractivity contribution is 5.86. The Morgan fingerprint density at radius 1 is 1.00 bits per heavy atom. The summed E-state index contributed by atoms with van der Waals surface area (Å²) >= 11 is 0. The predicted octanol–water partition coefficient (Wildman–Crippen LogP) is 1.26. The van der Waals surface area contributed by atoms with Crippen molar-refractivity contribution in [1.29, 1.82) is 0 Å². The Bertz CT molecular complexity index is 410. The van der Waals surface area contributed by atoms with Crippen molar-refractivity contribution in [3.63, 3.8) is 0 Å². The maximum Gasteiger partial charge on any atom is 0.0875 e. The molecule has 0 amide bonds. The molecule has 0 unspecified atom stereocenters. The summed E-state index contributed by atoms with van der Waals surface area (Å²) in [7, 11) is 4.32. The fourth-order valence-corrected chi connectivity index (χ4v) is 2.62. The summed E-state index contributed by atoms with van der Waals surface area (Å²) < 4.78 is 0. The standard InChI is InChI=1S/C13H20N4/c1-15-6-8-17(9-7-15)12-5-3-4-11-13(12)14-10-16(11)2/h3-5,14H,6-10H2,1-2H3. The summed E-state index contributed by atoms with van der Waals surface area (Å²) in [6.45, 7) is 5.47. The maximum absolute atomic E-state index is 3.50. The number of likely N-dealkylation sites (N-methyl/N-ethyl adjacent to an activating group) is 1. The molecule has 0 spiro atoms. The lowest BCUT2D eigenvalue weighted by Gasteiger charge is -2.34. The van der Waals surface area contributed by atoms with Gasteiger partial charge in [-0.25, -0.2) is 0 Å². The van der Waals surface area contributed by atoms with Gasteiger partial charge in [0.2, 0.25) is 0 Å². The number of hydrogen-bond donors (Lipinski definition) is 1. The molecule has 4 heteroatoms. The van der Waals surface area contributed by atoms with E-state index in [1.54, 1.807) is 0 Å². The van der Waals surface area contributed by atoms with Crippen LogP contribution in [0.2, 0.25) is 0 Å². The van der Waals surface area contributed by atoms with Gasteiger partial charge in [-0.15, -0.1) is 0 Å². The van der Waals surface area contributed by atoms with Crippen molar-refractivity contribution in [2.75, 3.05) is 62.1 Å². The van der Waals surface area contributed by atoms with Crippen LogP contribution in [-0.4, -0.2) is 51.8 Å². The van der Waals surface area contributed by atoms with E-state index in [-0.39, 0.29) is 0 Å². The van der Waals surface area contributed by atoms with Crippen molar-refractivity contribution in [1.82, 2.24) is 4.90 Å². The molecule has 2 aliphatic heterocycles. The molecule has 3 rings (SSSR count). The third-order valence-corrected chi connectivity index (χ3v) is 3.77. The smallest absolute Gasteiger partial charge is 0.0875 e. The van der Waals surface area contributed by atoms with E-state index >= 15 is 0 Å². The largest absolute Gasteiger partial charge is 0.367 e. The highest BCUT2D eigenvalue weighted by Crippen LogP contribution is 2.38. The highest BCUT2D eigenvalue weighted by Gasteiger charge is 2.22. The van der Waals surface area contributed by atoms with Crippen LogP contribution < -0.4 is 15.1 Å². The van der Waals surface area contributed by atoms with Crippen molar-refractivity contribution in [3.8, 4) is 0 Å². The number of para-hydroxylation sites is 1. The van der Waals surface area contributed by atoms with Gasteiger partial charge < -0.3 is 20.0 Å². The van der Waals surface area contributed by atoms with Gasteiger partial charge in [-0.3, -0.25) is 0 Å². The molecule has 0 radical (unpaired) electrons. The minimum atomic E-state index is 0.917. The van der Waals surface area contributed by atoms with E-state index < -0.39 is 0 Å². The van der Waals surface area contributed by atoms with Crippen LogP contribution in [0, 0.1) is 0 Å². The minimum absolute atomic E-state index is 0.917. The molecule has 1 fully saturated rings. The molecule has 1 saturated heterocycles. The Morgan fingerprint density at radius 3 is 2.47 bits per heavy atom. The first kappa shape index (κ1) is 10.7. The van der Waals surface area contributed by atoms with Crippen LogP contribution in [0.4, 0.5) is 17.1 Å². The van der Waals surface area contributed by atoms with E-state index in [0.29, 0.717) is 0 Å². The lowest BCUT2D eigenvalue weighted by atomic mass is 10.2. The Hall–Kier alpha value is -1.42. The van der Waals surface area contributed by atoms with E-state index in [1.807, 2.05) is 0 Å². The lowest BCUT2D eigenvalue weighted by molar-refractivity contribution is 0.313. The normalized spacial score (nSPS) is 20.4. The zero-order valence-corrected chi connectivity index (χ0v) is 10.6. The van der Waals surface area contributed by atoms with Crippen LogP contribution in [0.25, 0.3) is 0 Å². The van der Waals surface area contributed by atoms with Gasteiger partial charge in [0.05, 0.1) is 23.7 Å². The second kappa shape index (κ2) is 4.11. The molecule has 0 atom stereocenters. The fourth-order valence-electron chi connectivity index (χ4n) is 2.62. The van der Waals surface area contributed by atoms with Crippen molar-refractivity contribution < 1.29 is 0 Å².